The van der Waals surface area contributed by atoms with Gasteiger partial charge in [-0.2, -0.15) is 10.1 Å². The summed E-state index contributed by atoms with van der Waals surface area (Å²) in [6.45, 7) is 2.02. The van der Waals surface area contributed by atoms with Crippen molar-refractivity contribution in [2.75, 3.05) is 12.4 Å². The van der Waals surface area contributed by atoms with Gasteiger partial charge in [-0.25, -0.2) is 0 Å². The van der Waals surface area contributed by atoms with Crippen LogP contribution in [0.5, 0.6) is 5.75 Å². The third kappa shape index (κ3) is 2.93. The first-order chi connectivity index (χ1) is 10.7. The number of H-pyrrole nitrogens is 2. The number of hydrogen-bond donors (Lipinski definition) is 3. The van der Waals surface area contributed by atoms with Crippen molar-refractivity contribution in [2.24, 2.45) is 0 Å². The first-order valence-electron chi connectivity index (χ1n) is 6.98. The molecule has 0 fully saturated rings. The molecule has 0 aliphatic heterocycles. The highest BCUT2D eigenvalue weighted by atomic mass is 16.5. The molecule has 22 heavy (non-hydrogen) atoms. The lowest BCUT2D eigenvalue weighted by atomic mass is 10.1. The fraction of sp³-hybridized carbons (Fsp3) is 0.267. The largest absolute Gasteiger partial charge is 0.497 e. The number of methoxy groups -OCH3 is 1. The Morgan fingerprint density at radius 1 is 1.41 bits per heavy atom. The highest BCUT2D eigenvalue weighted by Crippen LogP contribution is 2.15. The van der Waals surface area contributed by atoms with Gasteiger partial charge in [-0.05, 0) is 31.0 Å². The Hall–Kier alpha value is -2.83. The van der Waals surface area contributed by atoms with Crippen molar-refractivity contribution < 1.29 is 4.74 Å². The van der Waals surface area contributed by atoms with E-state index in [1.165, 1.54) is 6.20 Å². The lowest BCUT2D eigenvalue weighted by Crippen LogP contribution is -2.22. The summed E-state index contributed by atoms with van der Waals surface area (Å²) in [4.78, 5) is 18.9. The fourth-order valence-electron chi connectivity index (χ4n) is 2.35. The van der Waals surface area contributed by atoms with E-state index >= 15 is 0 Å². The van der Waals surface area contributed by atoms with Gasteiger partial charge in [-0.1, -0.05) is 12.1 Å². The van der Waals surface area contributed by atoms with E-state index in [1.54, 1.807) is 7.11 Å². The van der Waals surface area contributed by atoms with Crippen LogP contribution >= 0.6 is 0 Å². The van der Waals surface area contributed by atoms with Crippen LogP contribution in [-0.4, -0.2) is 33.3 Å². The number of aromatic nitrogens is 4. The summed E-state index contributed by atoms with van der Waals surface area (Å²) < 4.78 is 5.22. The molecule has 2 aromatic heterocycles. The van der Waals surface area contributed by atoms with E-state index in [0.717, 1.165) is 17.7 Å². The average molecular weight is 299 g/mol. The number of benzene rings is 1. The van der Waals surface area contributed by atoms with Gasteiger partial charge < -0.3 is 10.1 Å². The van der Waals surface area contributed by atoms with Crippen molar-refractivity contribution in [1.29, 1.82) is 0 Å². The first kappa shape index (κ1) is 14.1. The van der Waals surface area contributed by atoms with Crippen molar-refractivity contribution >= 4 is 17.0 Å². The molecule has 7 heteroatoms. The van der Waals surface area contributed by atoms with Gasteiger partial charge in [-0.15, -0.1) is 0 Å². The van der Waals surface area contributed by atoms with Crippen LogP contribution in [0.15, 0.2) is 35.3 Å². The molecule has 0 saturated heterocycles. The van der Waals surface area contributed by atoms with E-state index in [4.69, 9.17) is 4.74 Å². The molecule has 1 aromatic carbocycles. The Bertz CT molecular complexity index is 839. The second-order valence-electron chi connectivity index (χ2n) is 5.15. The molecule has 1 unspecified atom stereocenters. The number of aromatic amines is 2. The van der Waals surface area contributed by atoms with Crippen molar-refractivity contribution in [2.45, 2.75) is 19.4 Å². The zero-order valence-electron chi connectivity index (χ0n) is 12.4. The summed E-state index contributed by atoms with van der Waals surface area (Å²) in [5, 5.41) is 10.2. The van der Waals surface area contributed by atoms with Crippen LogP contribution in [0.3, 0.4) is 0 Å². The number of fused-ring (bicyclic) bond motifs is 1. The molecule has 0 bridgehead atoms. The Morgan fingerprint density at radius 3 is 3.09 bits per heavy atom. The lowest BCUT2D eigenvalue weighted by molar-refractivity contribution is 0.414. The molecular weight excluding hydrogens is 282 g/mol. The quantitative estimate of drug-likeness (QED) is 0.666. The smallest absolute Gasteiger partial charge is 0.263 e. The van der Waals surface area contributed by atoms with Gasteiger partial charge in [0.2, 0.25) is 5.95 Å². The number of anilines is 1. The van der Waals surface area contributed by atoms with Crippen molar-refractivity contribution in [1.82, 2.24) is 20.2 Å². The summed E-state index contributed by atoms with van der Waals surface area (Å²) in [5.74, 6) is 1.26. The maximum Gasteiger partial charge on any atom is 0.263 e. The lowest BCUT2D eigenvalue weighted by Gasteiger charge is -2.14. The summed E-state index contributed by atoms with van der Waals surface area (Å²) in [5.41, 5.74) is 1.40. The van der Waals surface area contributed by atoms with Crippen LogP contribution in [0.2, 0.25) is 0 Å². The molecule has 0 radical (unpaired) electrons. The minimum atomic E-state index is -0.213. The molecule has 2 heterocycles. The molecule has 114 valence electrons. The second-order valence-corrected chi connectivity index (χ2v) is 5.15. The van der Waals surface area contributed by atoms with Gasteiger partial charge in [0, 0.05) is 6.04 Å². The predicted octanol–water partition coefficient (Wildman–Crippen LogP) is 1.70. The number of nitrogens with zero attached hydrogens (tertiary/aromatic N) is 2. The SMILES string of the molecule is COc1cccc(CC(C)Nc2nc3[nH]ncc3c(=O)[nH]2)c1. The summed E-state index contributed by atoms with van der Waals surface area (Å²) in [6, 6.07) is 7.99. The van der Waals surface area contributed by atoms with Crippen molar-refractivity contribution in [3.05, 3.63) is 46.4 Å². The van der Waals surface area contributed by atoms with Crippen molar-refractivity contribution in [3.63, 3.8) is 0 Å². The fourth-order valence-corrected chi connectivity index (χ4v) is 2.35. The Morgan fingerprint density at radius 2 is 2.27 bits per heavy atom. The maximum atomic E-state index is 11.9. The van der Waals surface area contributed by atoms with E-state index in [9.17, 15) is 4.79 Å². The van der Waals surface area contributed by atoms with Crippen LogP contribution < -0.4 is 15.6 Å². The molecule has 3 aromatic rings. The molecule has 3 rings (SSSR count). The zero-order valence-corrected chi connectivity index (χ0v) is 12.4. The Kier molecular flexibility index (Phi) is 3.78. The summed E-state index contributed by atoms with van der Waals surface area (Å²) in [6.07, 6.45) is 2.24. The van der Waals surface area contributed by atoms with Gasteiger partial charge in [-0.3, -0.25) is 14.9 Å². The van der Waals surface area contributed by atoms with E-state index in [1.807, 2.05) is 31.2 Å². The third-order valence-electron chi connectivity index (χ3n) is 3.38. The molecule has 0 saturated carbocycles. The van der Waals surface area contributed by atoms with E-state index < -0.39 is 0 Å². The minimum absolute atomic E-state index is 0.0932. The molecule has 0 aliphatic rings. The van der Waals surface area contributed by atoms with Gasteiger partial charge in [0.25, 0.3) is 5.56 Å². The first-order valence-corrected chi connectivity index (χ1v) is 6.98. The number of nitrogens with one attached hydrogen (secondary N) is 3. The van der Waals surface area contributed by atoms with Crippen LogP contribution in [0, 0.1) is 0 Å². The number of rotatable bonds is 5. The van der Waals surface area contributed by atoms with Crippen LogP contribution in [0.4, 0.5) is 5.95 Å². The molecule has 0 amide bonds. The molecule has 1 atom stereocenters. The molecule has 7 nitrogen and oxygen atoms in total. The zero-order chi connectivity index (χ0) is 15.5. The van der Waals surface area contributed by atoms with Gasteiger partial charge >= 0.3 is 0 Å². The van der Waals surface area contributed by atoms with Gasteiger partial charge in [0.05, 0.1) is 13.3 Å². The van der Waals surface area contributed by atoms with E-state index in [0.29, 0.717) is 17.0 Å². The topological polar surface area (TPSA) is 95.7 Å². The maximum absolute atomic E-state index is 11.9. The third-order valence-corrected chi connectivity index (χ3v) is 3.38. The van der Waals surface area contributed by atoms with Crippen LogP contribution in [-0.2, 0) is 6.42 Å². The number of hydrogen-bond acceptors (Lipinski definition) is 5. The highest BCUT2D eigenvalue weighted by molar-refractivity contribution is 5.73. The average Bonchev–Trinajstić information content (AvgIpc) is 2.96. The van der Waals surface area contributed by atoms with Crippen LogP contribution in [0.1, 0.15) is 12.5 Å². The van der Waals surface area contributed by atoms with Crippen molar-refractivity contribution in [3.8, 4) is 5.75 Å². The molecular formula is C15H17N5O2. The standard InChI is InChI=1S/C15H17N5O2/c1-9(6-10-4-3-5-11(7-10)22-2)17-15-18-13-12(8-16-20-13)14(21)19-15/h3-5,7-9H,6H2,1-2H3,(H3,16,17,18,19,20,21). The highest BCUT2D eigenvalue weighted by Gasteiger charge is 2.09. The monoisotopic (exact) mass is 299 g/mol. The minimum Gasteiger partial charge on any atom is -0.497 e. The van der Waals surface area contributed by atoms with E-state index in [2.05, 4.69) is 25.5 Å². The summed E-state index contributed by atoms with van der Waals surface area (Å²) in [7, 11) is 1.65. The molecule has 0 aliphatic carbocycles. The van der Waals surface area contributed by atoms with Gasteiger partial charge in [0.1, 0.15) is 11.1 Å². The van der Waals surface area contributed by atoms with Crippen LogP contribution in [0.25, 0.3) is 11.0 Å². The second kappa shape index (κ2) is 5.88. The molecule has 0 spiro atoms. The molecule has 3 N–H and O–H groups in total. The Balaban J connectivity index is 1.74. The predicted molar refractivity (Wildman–Crippen MR) is 84.3 cm³/mol. The van der Waals surface area contributed by atoms with E-state index in [-0.39, 0.29) is 11.6 Å². The normalized spacial score (nSPS) is 12.3. The number of ether oxygens (including phenoxy) is 1. The van der Waals surface area contributed by atoms with Gasteiger partial charge in [0.15, 0.2) is 5.65 Å². The Labute approximate surface area is 126 Å². The summed E-state index contributed by atoms with van der Waals surface area (Å²) >= 11 is 0.